The van der Waals surface area contributed by atoms with Gasteiger partial charge < -0.3 is 9.80 Å². The number of likely N-dealkylation sites (tertiary alicyclic amines) is 2. The van der Waals surface area contributed by atoms with Gasteiger partial charge in [0.2, 0.25) is 0 Å². The van der Waals surface area contributed by atoms with Gasteiger partial charge >= 0.3 is 0 Å². The van der Waals surface area contributed by atoms with E-state index in [2.05, 4.69) is 16.7 Å². The summed E-state index contributed by atoms with van der Waals surface area (Å²) in [6.45, 7) is 10.5. The molecule has 3 fully saturated rings. The van der Waals surface area contributed by atoms with E-state index in [0.717, 1.165) is 11.3 Å². The second-order valence-electron chi connectivity index (χ2n) is 7.74. The number of hydrogen-bond donors (Lipinski definition) is 0. The third kappa shape index (κ3) is 3.57. The molecule has 2 saturated heterocycles. The Balaban J connectivity index is 1.42. The van der Waals surface area contributed by atoms with E-state index >= 15 is 0 Å². The zero-order valence-electron chi connectivity index (χ0n) is 13.6. The Morgan fingerprint density at radius 2 is 1.35 bits per heavy atom. The van der Waals surface area contributed by atoms with Crippen LogP contribution in [-0.4, -0.2) is 49.1 Å². The molecule has 2 nitrogen and oxygen atoms in total. The highest BCUT2D eigenvalue weighted by Gasteiger charge is 2.37. The number of rotatable bonds is 3. The van der Waals surface area contributed by atoms with E-state index in [4.69, 9.17) is 0 Å². The van der Waals surface area contributed by atoms with Gasteiger partial charge in [-0.3, -0.25) is 0 Å². The Morgan fingerprint density at radius 1 is 0.800 bits per heavy atom. The second kappa shape index (κ2) is 6.79. The Morgan fingerprint density at radius 3 is 1.90 bits per heavy atom. The maximum absolute atomic E-state index is 2.80. The van der Waals surface area contributed by atoms with Crippen LogP contribution in [0.4, 0.5) is 0 Å². The van der Waals surface area contributed by atoms with E-state index in [1.807, 2.05) is 0 Å². The largest absolute Gasteiger partial charge is 0.304 e. The summed E-state index contributed by atoms with van der Waals surface area (Å²) < 4.78 is 0. The minimum absolute atomic E-state index is 0.731. The molecule has 0 unspecified atom stereocenters. The number of piperidine rings is 2. The molecule has 0 aromatic rings. The van der Waals surface area contributed by atoms with Crippen LogP contribution in [0.1, 0.15) is 64.7 Å². The fraction of sp³-hybridized carbons (Fsp3) is 1.00. The lowest BCUT2D eigenvalue weighted by molar-refractivity contribution is 0.0295. The highest BCUT2D eigenvalue weighted by molar-refractivity contribution is 4.90. The Labute approximate surface area is 125 Å². The highest BCUT2D eigenvalue weighted by atomic mass is 15.1. The zero-order chi connectivity index (χ0) is 13.8. The maximum atomic E-state index is 2.80. The smallest absolute Gasteiger partial charge is 0.000966 e. The van der Waals surface area contributed by atoms with Gasteiger partial charge in [0.25, 0.3) is 0 Å². The fourth-order valence-electron chi connectivity index (χ4n) is 4.79. The van der Waals surface area contributed by atoms with E-state index in [1.54, 1.807) is 0 Å². The van der Waals surface area contributed by atoms with Gasteiger partial charge in [-0.15, -0.1) is 0 Å². The number of nitrogens with zero attached hydrogens (tertiary/aromatic N) is 2. The molecule has 0 atom stereocenters. The van der Waals surface area contributed by atoms with Crippen molar-refractivity contribution in [3.63, 3.8) is 0 Å². The van der Waals surface area contributed by atoms with Crippen molar-refractivity contribution >= 4 is 0 Å². The Bertz CT molecular complexity index is 278. The number of hydrogen-bond acceptors (Lipinski definition) is 2. The first-order valence-electron chi connectivity index (χ1n) is 9.24. The van der Waals surface area contributed by atoms with Crippen LogP contribution in [0.5, 0.6) is 0 Å². The lowest BCUT2D eigenvalue weighted by Crippen LogP contribution is -2.47. The van der Waals surface area contributed by atoms with Gasteiger partial charge in [-0.2, -0.15) is 0 Å². The predicted octanol–water partition coefficient (Wildman–Crippen LogP) is 3.76. The van der Waals surface area contributed by atoms with Crippen molar-refractivity contribution in [3.05, 3.63) is 0 Å². The van der Waals surface area contributed by atoms with Crippen molar-refractivity contribution in [2.75, 3.05) is 39.3 Å². The van der Waals surface area contributed by atoms with Gasteiger partial charge in [-0.25, -0.2) is 0 Å². The van der Waals surface area contributed by atoms with Crippen LogP contribution in [-0.2, 0) is 0 Å². The molecule has 1 saturated carbocycles. The van der Waals surface area contributed by atoms with Gasteiger partial charge in [0.1, 0.15) is 0 Å². The third-order valence-corrected chi connectivity index (χ3v) is 6.52. The molecule has 0 radical (unpaired) electrons. The van der Waals surface area contributed by atoms with Crippen molar-refractivity contribution in [3.8, 4) is 0 Å². The SMILES string of the molecule is CCN1CCC2(CC1)CCN(CC1CCCCC1)CC2. The summed E-state index contributed by atoms with van der Waals surface area (Å²) in [6.07, 6.45) is 13.4. The summed E-state index contributed by atoms with van der Waals surface area (Å²) in [6, 6.07) is 0. The van der Waals surface area contributed by atoms with E-state index in [-0.39, 0.29) is 0 Å². The quantitative estimate of drug-likeness (QED) is 0.775. The molecule has 116 valence electrons. The summed E-state index contributed by atoms with van der Waals surface area (Å²) >= 11 is 0. The van der Waals surface area contributed by atoms with Crippen molar-refractivity contribution in [1.29, 1.82) is 0 Å². The van der Waals surface area contributed by atoms with E-state index < -0.39 is 0 Å². The predicted molar refractivity (Wildman–Crippen MR) is 86.0 cm³/mol. The van der Waals surface area contributed by atoms with Crippen molar-refractivity contribution in [1.82, 2.24) is 9.80 Å². The summed E-state index contributed by atoms with van der Waals surface area (Å²) in [5.74, 6) is 1.03. The molecule has 2 aliphatic heterocycles. The molecule has 1 spiro atoms. The molecule has 0 amide bonds. The molecule has 3 rings (SSSR count). The van der Waals surface area contributed by atoms with Crippen LogP contribution in [0.2, 0.25) is 0 Å². The van der Waals surface area contributed by atoms with E-state index in [0.29, 0.717) is 0 Å². The van der Waals surface area contributed by atoms with Crippen LogP contribution in [0.25, 0.3) is 0 Å². The van der Waals surface area contributed by atoms with Gasteiger partial charge in [0.05, 0.1) is 0 Å². The lowest BCUT2D eigenvalue weighted by Gasteiger charge is -2.47. The molecule has 0 aromatic heterocycles. The van der Waals surface area contributed by atoms with Crippen molar-refractivity contribution < 1.29 is 0 Å². The highest BCUT2D eigenvalue weighted by Crippen LogP contribution is 2.41. The second-order valence-corrected chi connectivity index (χ2v) is 7.74. The molecule has 0 aromatic carbocycles. The summed E-state index contributed by atoms with van der Waals surface area (Å²) in [5.41, 5.74) is 0.731. The Kier molecular flexibility index (Phi) is 5.04. The third-order valence-electron chi connectivity index (χ3n) is 6.52. The molecule has 2 heterocycles. The van der Waals surface area contributed by atoms with Gasteiger partial charge in [0, 0.05) is 6.54 Å². The molecule has 2 heteroatoms. The van der Waals surface area contributed by atoms with Crippen LogP contribution in [0.3, 0.4) is 0 Å². The van der Waals surface area contributed by atoms with Crippen LogP contribution < -0.4 is 0 Å². The van der Waals surface area contributed by atoms with Crippen molar-refractivity contribution in [2.45, 2.75) is 64.7 Å². The first-order chi connectivity index (χ1) is 9.80. The molecule has 1 aliphatic carbocycles. The minimum Gasteiger partial charge on any atom is -0.304 e. The summed E-state index contributed by atoms with van der Waals surface area (Å²) in [5, 5.41) is 0. The minimum atomic E-state index is 0.731. The first-order valence-corrected chi connectivity index (χ1v) is 9.24. The molecule has 0 N–H and O–H groups in total. The maximum Gasteiger partial charge on any atom is 0.000966 e. The summed E-state index contributed by atoms with van der Waals surface area (Å²) in [4.78, 5) is 5.44. The Hall–Kier alpha value is -0.0800. The molecular weight excluding hydrogens is 244 g/mol. The average molecular weight is 278 g/mol. The van der Waals surface area contributed by atoms with Crippen LogP contribution >= 0.6 is 0 Å². The van der Waals surface area contributed by atoms with Crippen molar-refractivity contribution in [2.24, 2.45) is 11.3 Å². The standard InChI is InChI=1S/C18H34N2/c1-2-19-12-8-18(9-13-19)10-14-20(15-11-18)16-17-6-4-3-5-7-17/h17H,2-16H2,1H3. The van der Waals surface area contributed by atoms with Gasteiger partial charge in [-0.05, 0) is 82.6 Å². The summed E-state index contributed by atoms with van der Waals surface area (Å²) in [7, 11) is 0. The van der Waals surface area contributed by atoms with Crippen LogP contribution in [0, 0.1) is 11.3 Å². The van der Waals surface area contributed by atoms with E-state index in [1.165, 1.54) is 97.1 Å². The lowest BCUT2D eigenvalue weighted by atomic mass is 9.71. The monoisotopic (exact) mass is 278 g/mol. The van der Waals surface area contributed by atoms with Crippen LogP contribution in [0.15, 0.2) is 0 Å². The molecule has 20 heavy (non-hydrogen) atoms. The topological polar surface area (TPSA) is 6.48 Å². The van der Waals surface area contributed by atoms with E-state index in [9.17, 15) is 0 Å². The van der Waals surface area contributed by atoms with Gasteiger partial charge in [0.15, 0.2) is 0 Å². The molecular formula is C18H34N2. The average Bonchev–Trinajstić information content (AvgIpc) is 2.52. The first kappa shape index (κ1) is 14.8. The molecule has 3 aliphatic rings. The molecule has 0 bridgehead atoms. The zero-order valence-corrected chi connectivity index (χ0v) is 13.6. The van der Waals surface area contributed by atoms with Gasteiger partial charge in [-0.1, -0.05) is 26.2 Å². The fourth-order valence-corrected chi connectivity index (χ4v) is 4.79. The normalized spacial score (nSPS) is 29.9.